The van der Waals surface area contributed by atoms with Gasteiger partial charge in [0.2, 0.25) is 0 Å². The summed E-state index contributed by atoms with van der Waals surface area (Å²) in [5.74, 6) is -0.429. The van der Waals surface area contributed by atoms with Crippen LogP contribution in [-0.2, 0) is 16.0 Å². The zero-order valence-corrected chi connectivity index (χ0v) is 13.2. The highest BCUT2D eigenvalue weighted by atomic mass is 35.5. The van der Waals surface area contributed by atoms with E-state index in [0.29, 0.717) is 16.1 Å². The van der Waals surface area contributed by atoms with Crippen LogP contribution in [0.4, 0.5) is 0 Å². The fourth-order valence-electron chi connectivity index (χ4n) is 2.33. The van der Waals surface area contributed by atoms with Gasteiger partial charge in [0.25, 0.3) is 0 Å². The van der Waals surface area contributed by atoms with E-state index in [9.17, 15) is 4.79 Å². The molecule has 114 valence electrons. The van der Waals surface area contributed by atoms with Gasteiger partial charge in [0.05, 0.1) is 25.1 Å². The van der Waals surface area contributed by atoms with Crippen LogP contribution in [0, 0.1) is 11.3 Å². The number of nitriles is 1. The number of carbonyl (C=O) groups excluding carboxylic acids is 1. The number of imidazole rings is 1. The van der Waals surface area contributed by atoms with Crippen LogP contribution in [-0.4, -0.2) is 22.6 Å². The van der Waals surface area contributed by atoms with Crippen LogP contribution in [0.1, 0.15) is 36.2 Å². The van der Waals surface area contributed by atoms with E-state index in [1.165, 1.54) is 7.11 Å². The lowest BCUT2D eigenvalue weighted by molar-refractivity contribution is -0.143. The first-order valence-corrected chi connectivity index (χ1v) is 7.28. The highest BCUT2D eigenvalue weighted by molar-refractivity contribution is 6.31. The molecule has 0 amide bonds. The van der Waals surface area contributed by atoms with Gasteiger partial charge in [0.1, 0.15) is 0 Å². The molecule has 1 aromatic heterocycles. The normalized spacial score (nSPS) is 11.7. The van der Waals surface area contributed by atoms with Crippen LogP contribution in [0.25, 0.3) is 0 Å². The molecule has 22 heavy (non-hydrogen) atoms. The SMILES string of the molecule is CCCc1cncn1C(C(=O)OC)c1ccc(C#N)cc1Cl. The number of methoxy groups -OCH3 is 1. The van der Waals surface area contributed by atoms with Crippen molar-refractivity contribution in [3.63, 3.8) is 0 Å². The van der Waals surface area contributed by atoms with E-state index in [2.05, 4.69) is 11.9 Å². The average molecular weight is 318 g/mol. The molecule has 1 atom stereocenters. The molecule has 0 radical (unpaired) electrons. The quantitative estimate of drug-likeness (QED) is 0.795. The van der Waals surface area contributed by atoms with Crippen molar-refractivity contribution in [3.05, 3.63) is 52.6 Å². The summed E-state index contributed by atoms with van der Waals surface area (Å²) in [6, 6.07) is 6.17. The third-order valence-corrected chi connectivity index (χ3v) is 3.71. The van der Waals surface area contributed by atoms with Gasteiger partial charge in [0.15, 0.2) is 6.04 Å². The van der Waals surface area contributed by atoms with Gasteiger partial charge in [-0.3, -0.25) is 0 Å². The second-order valence-electron chi connectivity index (χ2n) is 4.82. The second kappa shape index (κ2) is 7.10. The molecular weight excluding hydrogens is 302 g/mol. The average Bonchev–Trinajstić information content (AvgIpc) is 2.97. The van der Waals surface area contributed by atoms with E-state index in [-0.39, 0.29) is 0 Å². The molecule has 0 N–H and O–H groups in total. The standard InChI is InChI=1S/C16H16ClN3O2/c1-3-4-12-9-19-10-20(12)15(16(21)22-2)13-6-5-11(8-18)7-14(13)17/h5-7,9-10,15H,3-4H2,1-2H3. The molecule has 2 rings (SSSR count). The maximum absolute atomic E-state index is 12.3. The molecule has 5 nitrogen and oxygen atoms in total. The van der Waals surface area contributed by atoms with E-state index in [1.807, 2.05) is 6.07 Å². The van der Waals surface area contributed by atoms with Gasteiger partial charge in [-0.2, -0.15) is 5.26 Å². The van der Waals surface area contributed by atoms with E-state index < -0.39 is 12.0 Å². The van der Waals surface area contributed by atoms with Gasteiger partial charge in [-0.25, -0.2) is 9.78 Å². The summed E-state index contributed by atoms with van der Waals surface area (Å²) in [4.78, 5) is 16.4. The van der Waals surface area contributed by atoms with Crippen LogP contribution in [0.15, 0.2) is 30.7 Å². The van der Waals surface area contributed by atoms with E-state index >= 15 is 0 Å². The first kappa shape index (κ1) is 16.1. The van der Waals surface area contributed by atoms with Crippen molar-refractivity contribution in [1.82, 2.24) is 9.55 Å². The molecule has 0 spiro atoms. The number of esters is 1. The minimum absolute atomic E-state index is 0.352. The summed E-state index contributed by atoms with van der Waals surface area (Å²) in [6.45, 7) is 2.05. The van der Waals surface area contributed by atoms with Gasteiger partial charge in [-0.1, -0.05) is 31.0 Å². The van der Waals surface area contributed by atoms with Crippen molar-refractivity contribution in [2.24, 2.45) is 0 Å². The number of hydrogen-bond donors (Lipinski definition) is 0. The Hall–Kier alpha value is -2.32. The smallest absolute Gasteiger partial charge is 0.333 e. The van der Waals surface area contributed by atoms with Crippen molar-refractivity contribution in [2.75, 3.05) is 7.11 Å². The van der Waals surface area contributed by atoms with Crippen LogP contribution in [0.2, 0.25) is 5.02 Å². The van der Waals surface area contributed by atoms with E-state index in [1.54, 1.807) is 35.3 Å². The maximum Gasteiger partial charge on any atom is 0.333 e. The number of carbonyl (C=O) groups is 1. The van der Waals surface area contributed by atoms with Crippen molar-refractivity contribution < 1.29 is 9.53 Å². The number of rotatable bonds is 5. The summed E-state index contributed by atoms with van der Waals surface area (Å²) in [5.41, 5.74) is 1.96. The molecule has 0 saturated carbocycles. The van der Waals surface area contributed by atoms with Crippen LogP contribution < -0.4 is 0 Å². The lowest BCUT2D eigenvalue weighted by atomic mass is 10.0. The summed E-state index contributed by atoms with van der Waals surface area (Å²) in [7, 11) is 1.34. The predicted octanol–water partition coefficient (Wildman–Crippen LogP) is 3.12. The van der Waals surface area contributed by atoms with Gasteiger partial charge >= 0.3 is 5.97 Å². The van der Waals surface area contributed by atoms with Gasteiger partial charge in [-0.05, 0) is 18.6 Å². The molecule has 6 heteroatoms. The lowest BCUT2D eigenvalue weighted by Gasteiger charge is -2.20. The molecule has 0 aliphatic carbocycles. The fraction of sp³-hybridized carbons (Fsp3) is 0.312. The Kier molecular flexibility index (Phi) is 5.18. The van der Waals surface area contributed by atoms with Crippen LogP contribution in [0.3, 0.4) is 0 Å². The molecule has 1 unspecified atom stereocenters. The zero-order chi connectivity index (χ0) is 16.1. The number of aromatic nitrogens is 2. The molecule has 0 bridgehead atoms. The predicted molar refractivity (Wildman–Crippen MR) is 82.5 cm³/mol. The van der Waals surface area contributed by atoms with Crippen molar-refractivity contribution in [1.29, 1.82) is 5.26 Å². The van der Waals surface area contributed by atoms with Crippen molar-refractivity contribution in [3.8, 4) is 6.07 Å². The number of nitrogens with zero attached hydrogens (tertiary/aromatic N) is 3. The third kappa shape index (κ3) is 3.12. The fourth-order valence-corrected chi connectivity index (χ4v) is 2.62. The molecule has 0 aliphatic rings. The lowest BCUT2D eigenvalue weighted by Crippen LogP contribution is -2.23. The van der Waals surface area contributed by atoms with Gasteiger partial charge in [-0.15, -0.1) is 0 Å². The third-order valence-electron chi connectivity index (χ3n) is 3.38. The first-order chi connectivity index (χ1) is 10.6. The Morgan fingerprint density at radius 1 is 1.55 bits per heavy atom. The van der Waals surface area contributed by atoms with Crippen LogP contribution in [0.5, 0.6) is 0 Å². The molecule has 2 aromatic rings. The largest absolute Gasteiger partial charge is 0.467 e. The first-order valence-electron chi connectivity index (χ1n) is 6.90. The molecular formula is C16H16ClN3O2. The molecule has 0 fully saturated rings. The van der Waals surface area contributed by atoms with Gasteiger partial charge < -0.3 is 9.30 Å². The van der Waals surface area contributed by atoms with Gasteiger partial charge in [0, 0.05) is 22.5 Å². The van der Waals surface area contributed by atoms with E-state index in [4.69, 9.17) is 21.6 Å². The summed E-state index contributed by atoms with van der Waals surface area (Å²) in [6.07, 6.45) is 5.06. The Morgan fingerprint density at radius 3 is 2.91 bits per heavy atom. The maximum atomic E-state index is 12.3. The minimum atomic E-state index is -0.714. The summed E-state index contributed by atoms with van der Waals surface area (Å²) in [5, 5.41) is 9.28. The zero-order valence-electron chi connectivity index (χ0n) is 12.4. The second-order valence-corrected chi connectivity index (χ2v) is 5.22. The number of halogens is 1. The Bertz CT molecular complexity index is 718. The van der Waals surface area contributed by atoms with Crippen molar-refractivity contribution >= 4 is 17.6 Å². The Labute approximate surface area is 134 Å². The summed E-state index contributed by atoms with van der Waals surface area (Å²) < 4.78 is 6.69. The number of hydrogen-bond acceptors (Lipinski definition) is 4. The number of ether oxygens (including phenoxy) is 1. The van der Waals surface area contributed by atoms with Crippen LogP contribution >= 0.6 is 11.6 Å². The monoisotopic (exact) mass is 317 g/mol. The molecule has 1 heterocycles. The van der Waals surface area contributed by atoms with E-state index in [0.717, 1.165) is 18.5 Å². The minimum Gasteiger partial charge on any atom is -0.467 e. The molecule has 1 aromatic carbocycles. The summed E-state index contributed by atoms with van der Waals surface area (Å²) >= 11 is 6.26. The topological polar surface area (TPSA) is 67.9 Å². The Morgan fingerprint density at radius 2 is 2.32 bits per heavy atom. The Balaban J connectivity index is 2.54. The number of aryl methyl sites for hydroxylation is 1. The molecule has 0 aliphatic heterocycles. The highest BCUT2D eigenvalue weighted by Crippen LogP contribution is 2.29. The molecule has 0 saturated heterocycles. The highest BCUT2D eigenvalue weighted by Gasteiger charge is 2.27. The van der Waals surface area contributed by atoms with Crippen molar-refractivity contribution in [2.45, 2.75) is 25.8 Å². The number of benzene rings is 1.